The number of ether oxygens (including phenoxy) is 1. The van der Waals surface area contributed by atoms with E-state index in [0.29, 0.717) is 43.0 Å². The molecule has 2 aromatic rings. The highest BCUT2D eigenvalue weighted by Gasteiger charge is 2.33. The summed E-state index contributed by atoms with van der Waals surface area (Å²) in [6, 6.07) is 6.83. The molecule has 1 unspecified atom stereocenters. The van der Waals surface area contributed by atoms with Crippen molar-refractivity contribution in [2.75, 3.05) is 36.0 Å². The highest BCUT2D eigenvalue weighted by atomic mass is 19.1. The van der Waals surface area contributed by atoms with E-state index in [2.05, 4.69) is 21.5 Å². The number of hydrogen-bond acceptors (Lipinski definition) is 7. The fourth-order valence-corrected chi connectivity index (χ4v) is 3.89. The quantitative estimate of drug-likeness (QED) is 0.708. The van der Waals surface area contributed by atoms with Gasteiger partial charge in [0, 0.05) is 20.0 Å². The van der Waals surface area contributed by atoms with Crippen molar-refractivity contribution in [3.05, 3.63) is 42.2 Å². The fourth-order valence-electron chi connectivity index (χ4n) is 3.89. The first-order valence-electron chi connectivity index (χ1n) is 10.2. The van der Waals surface area contributed by atoms with Crippen molar-refractivity contribution in [1.82, 2.24) is 20.1 Å². The number of halogens is 1. The summed E-state index contributed by atoms with van der Waals surface area (Å²) in [5.41, 5.74) is 2.25. The Morgan fingerprint density at radius 2 is 2.16 bits per heavy atom. The average molecular weight is 439 g/mol. The molecule has 2 fully saturated rings. The van der Waals surface area contributed by atoms with Gasteiger partial charge in [-0.05, 0) is 36.6 Å². The lowest BCUT2D eigenvalue weighted by atomic mass is 10.0. The minimum Gasteiger partial charge on any atom is -0.442 e. The van der Waals surface area contributed by atoms with E-state index in [4.69, 9.17) is 4.74 Å². The number of amides is 2. The number of hydrogen-bond donors (Lipinski definition) is 1. The van der Waals surface area contributed by atoms with Gasteiger partial charge in [0.2, 0.25) is 5.91 Å². The second-order valence-electron chi connectivity index (χ2n) is 7.58. The first-order chi connectivity index (χ1) is 15.5. The van der Waals surface area contributed by atoms with E-state index >= 15 is 0 Å². The molecular weight excluding hydrogens is 417 g/mol. The van der Waals surface area contributed by atoms with Crippen molar-refractivity contribution < 1.29 is 18.7 Å². The van der Waals surface area contributed by atoms with Gasteiger partial charge in [0.15, 0.2) is 0 Å². The summed E-state index contributed by atoms with van der Waals surface area (Å²) in [5.74, 6) is -0.651. The summed E-state index contributed by atoms with van der Waals surface area (Å²) in [4.78, 5) is 30.4. The van der Waals surface area contributed by atoms with Crippen LogP contribution in [0.1, 0.15) is 19.8 Å². The Kier molecular flexibility index (Phi) is 6.02. The molecule has 166 valence electrons. The number of allylic oxidation sites excluding steroid dienone is 1. The number of carbonyl (C=O) groups excluding carboxylic acids is 2. The van der Waals surface area contributed by atoms with Crippen LogP contribution in [0, 0.1) is 17.1 Å². The van der Waals surface area contributed by atoms with Gasteiger partial charge in [0.05, 0.1) is 24.5 Å². The molecule has 3 heterocycles. The molecule has 1 aromatic carbocycles. The molecule has 32 heavy (non-hydrogen) atoms. The number of nitriles is 1. The number of rotatable bonds is 5. The number of benzene rings is 1. The maximum absolute atomic E-state index is 14.9. The van der Waals surface area contributed by atoms with Gasteiger partial charge in [0.25, 0.3) is 0 Å². The van der Waals surface area contributed by atoms with Crippen molar-refractivity contribution in [2.45, 2.75) is 25.9 Å². The molecule has 10 nitrogen and oxygen atoms in total. The summed E-state index contributed by atoms with van der Waals surface area (Å²) in [6.07, 6.45) is 3.02. The molecule has 2 saturated heterocycles. The van der Waals surface area contributed by atoms with Crippen LogP contribution >= 0.6 is 0 Å². The molecule has 0 aliphatic carbocycles. The lowest BCUT2D eigenvalue weighted by Crippen LogP contribution is -2.33. The van der Waals surface area contributed by atoms with Gasteiger partial charge in [-0.15, -0.1) is 0 Å². The Morgan fingerprint density at radius 3 is 2.78 bits per heavy atom. The average Bonchev–Trinajstić information content (AvgIpc) is 3.43. The monoisotopic (exact) mass is 439 g/mol. The second-order valence-corrected chi connectivity index (χ2v) is 7.58. The molecule has 1 N–H and O–H groups in total. The van der Waals surface area contributed by atoms with Crippen LogP contribution in [0.2, 0.25) is 0 Å². The molecule has 1 atom stereocenters. The van der Waals surface area contributed by atoms with Crippen LogP contribution in [-0.2, 0) is 9.53 Å². The number of carbonyl (C=O) groups is 2. The summed E-state index contributed by atoms with van der Waals surface area (Å²) >= 11 is 0. The zero-order valence-electron chi connectivity index (χ0n) is 17.5. The Morgan fingerprint density at radius 1 is 1.38 bits per heavy atom. The lowest BCUT2D eigenvalue weighted by Gasteiger charge is -2.31. The summed E-state index contributed by atoms with van der Waals surface area (Å²) in [6.45, 7) is 2.93. The van der Waals surface area contributed by atoms with E-state index in [1.54, 1.807) is 12.1 Å². The molecular formula is C21H22FN7O3. The number of aromatic nitrogens is 3. The molecule has 4 rings (SSSR count). The van der Waals surface area contributed by atoms with Gasteiger partial charge in [-0.2, -0.15) is 10.4 Å². The lowest BCUT2D eigenvalue weighted by molar-refractivity contribution is -0.119. The summed E-state index contributed by atoms with van der Waals surface area (Å²) in [7, 11) is 0. The van der Waals surface area contributed by atoms with Crippen LogP contribution in [0.15, 0.2) is 36.4 Å². The Labute approximate surface area is 183 Å². The number of nitrogens with one attached hydrogen (secondary N) is 1. The first kappa shape index (κ1) is 21.3. The Balaban J connectivity index is 1.43. The minimum absolute atomic E-state index is 0.209. The topological polar surface area (TPSA) is 116 Å². The smallest absolute Gasteiger partial charge is 0.414 e. The van der Waals surface area contributed by atoms with Crippen LogP contribution in [0.4, 0.5) is 20.6 Å². The third kappa shape index (κ3) is 4.39. The summed E-state index contributed by atoms with van der Waals surface area (Å²) < 4.78 is 21.6. The van der Waals surface area contributed by atoms with Crippen LogP contribution in [0.5, 0.6) is 0 Å². The largest absolute Gasteiger partial charge is 0.442 e. The zero-order valence-corrected chi connectivity index (χ0v) is 17.5. The standard InChI is InChI=1S/C21H22FN7O3/c1-14(30)25-10-17-11-28(21(31)32-17)16-2-3-19(18(22)8-16)27-6-4-15(5-7-27)20(9-23)29-13-24-12-26-29/h2-3,8,12-13,17H,4-7,10-11H2,1H3,(H,25,30). The number of cyclic esters (lactones) is 1. The highest BCUT2D eigenvalue weighted by Crippen LogP contribution is 2.31. The first-order valence-corrected chi connectivity index (χ1v) is 10.2. The molecule has 0 bridgehead atoms. The zero-order chi connectivity index (χ0) is 22.7. The van der Waals surface area contributed by atoms with Gasteiger partial charge < -0.3 is 15.0 Å². The van der Waals surface area contributed by atoms with E-state index < -0.39 is 18.0 Å². The molecule has 11 heteroatoms. The fraction of sp³-hybridized carbons (Fsp3) is 0.381. The predicted molar refractivity (Wildman–Crippen MR) is 113 cm³/mol. The van der Waals surface area contributed by atoms with Gasteiger partial charge in [-0.3, -0.25) is 9.69 Å². The van der Waals surface area contributed by atoms with Crippen molar-refractivity contribution in [2.24, 2.45) is 0 Å². The molecule has 2 aliphatic rings. The summed E-state index contributed by atoms with van der Waals surface area (Å²) in [5, 5.41) is 16.1. The molecule has 0 radical (unpaired) electrons. The number of piperidine rings is 1. The van der Waals surface area contributed by atoms with Crippen LogP contribution in [0.25, 0.3) is 5.70 Å². The van der Waals surface area contributed by atoms with E-state index in [1.165, 1.54) is 35.2 Å². The third-order valence-electron chi connectivity index (χ3n) is 5.49. The van der Waals surface area contributed by atoms with E-state index in [1.807, 2.05) is 4.90 Å². The third-order valence-corrected chi connectivity index (χ3v) is 5.49. The predicted octanol–water partition coefficient (Wildman–Crippen LogP) is 1.91. The normalized spacial score (nSPS) is 18.3. The molecule has 0 saturated carbocycles. The van der Waals surface area contributed by atoms with Crippen molar-refractivity contribution >= 4 is 29.1 Å². The number of nitrogens with zero attached hydrogens (tertiary/aromatic N) is 6. The highest BCUT2D eigenvalue weighted by molar-refractivity contribution is 5.90. The van der Waals surface area contributed by atoms with Gasteiger partial charge in [0.1, 0.15) is 36.3 Å². The minimum atomic E-state index is -0.572. The van der Waals surface area contributed by atoms with E-state index in [-0.39, 0.29) is 19.0 Å². The van der Waals surface area contributed by atoms with Gasteiger partial charge in [-0.1, -0.05) is 0 Å². The second kappa shape index (κ2) is 9.05. The van der Waals surface area contributed by atoms with Crippen molar-refractivity contribution in [1.29, 1.82) is 5.26 Å². The molecule has 2 amide bonds. The van der Waals surface area contributed by atoms with Gasteiger partial charge >= 0.3 is 6.09 Å². The Hall–Kier alpha value is -3.94. The Bertz CT molecular complexity index is 1080. The van der Waals surface area contributed by atoms with Crippen LogP contribution < -0.4 is 15.1 Å². The van der Waals surface area contributed by atoms with E-state index in [0.717, 1.165) is 5.57 Å². The maximum atomic E-state index is 14.9. The molecule has 1 aromatic heterocycles. The SMILES string of the molecule is CC(=O)NCC1CN(c2ccc(N3CCC(=C(C#N)n4cncn4)CC3)c(F)c2)C(=O)O1. The number of anilines is 2. The maximum Gasteiger partial charge on any atom is 0.414 e. The van der Waals surface area contributed by atoms with Crippen molar-refractivity contribution in [3.8, 4) is 6.07 Å². The van der Waals surface area contributed by atoms with Gasteiger partial charge in [-0.25, -0.2) is 18.9 Å². The molecule has 0 spiro atoms. The van der Waals surface area contributed by atoms with Crippen LogP contribution in [0.3, 0.4) is 0 Å². The van der Waals surface area contributed by atoms with Crippen molar-refractivity contribution in [3.63, 3.8) is 0 Å². The molecule has 2 aliphatic heterocycles. The van der Waals surface area contributed by atoms with E-state index in [9.17, 15) is 19.2 Å². The van der Waals surface area contributed by atoms with Crippen LogP contribution in [-0.4, -0.2) is 59.0 Å².